The van der Waals surface area contributed by atoms with Gasteiger partial charge >= 0.3 is 6.18 Å². The molecule has 13 heteroatoms. The Labute approximate surface area is 230 Å². The summed E-state index contributed by atoms with van der Waals surface area (Å²) in [6.07, 6.45) is -1.61. The monoisotopic (exact) mass is 576 g/mol. The van der Waals surface area contributed by atoms with Gasteiger partial charge in [-0.3, -0.25) is 14.8 Å². The van der Waals surface area contributed by atoms with Crippen LogP contribution in [0.3, 0.4) is 0 Å². The van der Waals surface area contributed by atoms with Crippen LogP contribution in [0.1, 0.15) is 21.6 Å². The molecule has 0 atom stereocenters. The van der Waals surface area contributed by atoms with Crippen LogP contribution in [0.25, 0.3) is 22.6 Å². The minimum atomic E-state index is -4.63. The van der Waals surface area contributed by atoms with Crippen LogP contribution in [-0.4, -0.2) is 70.9 Å². The van der Waals surface area contributed by atoms with Gasteiger partial charge in [0.1, 0.15) is 4.88 Å². The van der Waals surface area contributed by atoms with Crippen molar-refractivity contribution in [3.05, 3.63) is 69.2 Å². The topological polar surface area (TPSA) is 97.4 Å². The first-order valence-electron chi connectivity index (χ1n) is 12.0. The number of rotatable bonds is 6. The number of carbonyl (C=O) groups is 1. The summed E-state index contributed by atoms with van der Waals surface area (Å²) in [7, 11) is 1.59. The Morgan fingerprint density at radius 3 is 2.69 bits per heavy atom. The number of likely N-dealkylation sites (N-methyl/N-ethyl adjacent to an activating group) is 1. The molecule has 3 heterocycles. The van der Waals surface area contributed by atoms with Crippen LogP contribution >= 0.6 is 22.9 Å². The first kappa shape index (κ1) is 27.0. The van der Waals surface area contributed by atoms with Crippen LogP contribution in [0, 0.1) is 0 Å². The molecule has 1 saturated heterocycles. The molecule has 5 rings (SSSR count). The Morgan fingerprint density at radius 1 is 1.21 bits per heavy atom. The molecule has 2 aromatic carbocycles. The van der Waals surface area contributed by atoms with Crippen LogP contribution in [-0.2, 0) is 11.0 Å². The number of alkyl halides is 3. The summed E-state index contributed by atoms with van der Waals surface area (Å²) < 4.78 is 41.7. The molecule has 0 bridgehead atoms. The number of anilines is 1. The highest BCUT2D eigenvalue weighted by Gasteiger charge is 2.33. The third kappa shape index (κ3) is 5.87. The van der Waals surface area contributed by atoms with E-state index in [2.05, 4.69) is 20.5 Å². The predicted molar refractivity (Wildman–Crippen MR) is 146 cm³/mol. The number of fused-ring (bicyclic) bond motifs is 1. The molecule has 3 N–H and O–H groups in total. The average Bonchev–Trinajstić information content (AvgIpc) is 3.54. The van der Waals surface area contributed by atoms with Gasteiger partial charge < -0.3 is 15.3 Å². The van der Waals surface area contributed by atoms with Gasteiger partial charge in [-0.1, -0.05) is 35.1 Å². The van der Waals surface area contributed by atoms with E-state index in [1.165, 1.54) is 29.5 Å². The van der Waals surface area contributed by atoms with Crippen LogP contribution in [0.2, 0.25) is 5.02 Å². The maximum atomic E-state index is 13.9. The molecule has 1 amide bonds. The zero-order valence-electron chi connectivity index (χ0n) is 20.7. The molecule has 1 aliphatic rings. The Kier molecular flexibility index (Phi) is 7.52. The zero-order valence-corrected chi connectivity index (χ0v) is 22.3. The van der Waals surface area contributed by atoms with Gasteiger partial charge in [0.15, 0.2) is 5.13 Å². The second kappa shape index (κ2) is 10.9. The van der Waals surface area contributed by atoms with Crippen molar-refractivity contribution in [2.45, 2.75) is 6.18 Å². The number of aromatic hydroxyl groups is 1. The van der Waals surface area contributed by atoms with E-state index in [0.717, 1.165) is 17.0 Å². The van der Waals surface area contributed by atoms with Gasteiger partial charge in [-0.15, -0.1) is 0 Å². The van der Waals surface area contributed by atoms with E-state index in [1.54, 1.807) is 31.4 Å². The second-order valence-corrected chi connectivity index (χ2v) is 10.5. The highest BCUT2D eigenvalue weighted by atomic mass is 35.5. The SMILES string of the molecule is CNC(=O)CN1CCN(c2nc(O)c(C(=Cc3ccc(Cl)cc3C(F)(F)F)c3ccc4[nH]ncc4c3)s2)CC1. The lowest BCUT2D eigenvalue weighted by Gasteiger charge is -2.33. The third-order valence-electron chi connectivity index (χ3n) is 6.50. The van der Waals surface area contributed by atoms with Crippen LogP contribution in [0.15, 0.2) is 42.6 Å². The summed E-state index contributed by atoms with van der Waals surface area (Å²) in [6, 6.07) is 8.93. The predicted octanol–water partition coefficient (Wildman–Crippen LogP) is 4.85. The summed E-state index contributed by atoms with van der Waals surface area (Å²) in [5.41, 5.74) is 0.766. The first-order chi connectivity index (χ1) is 18.6. The van der Waals surface area contributed by atoms with E-state index >= 15 is 0 Å². The Hall–Kier alpha value is -3.61. The van der Waals surface area contributed by atoms with Crippen molar-refractivity contribution in [1.82, 2.24) is 25.4 Å². The number of H-pyrrole nitrogens is 1. The lowest BCUT2D eigenvalue weighted by molar-refractivity contribution is -0.137. The summed E-state index contributed by atoms with van der Waals surface area (Å²) in [5, 5.41) is 21.7. The molecular formula is C26H24ClF3N6O2S. The van der Waals surface area contributed by atoms with Gasteiger partial charge in [-0.25, -0.2) is 0 Å². The maximum absolute atomic E-state index is 13.9. The summed E-state index contributed by atoms with van der Waals surface area (Å²) in [5.74, 6) is -0.341. The second-order valence-electron chi connectivity index (χ2n) is 9.04. The standard InChI is InChI=1S/C26H24ClF3N6O2S/c1-31-22(37)14-35-6-8-36(9-7-35)25-33-24(38)23(39-25)19(15-3-5-21-17(10-15)13-32-34-21)11-16-2-4-18(27)12-20(16)26(28,29)30/h2-5,10-13,38H,6-9,14H2,1H3,(H,31,37)(H,32,34). The van der Waals surface area contributed by atoms with E-state index in [1.807, 2.05) is 9.80 Å². The fourth-order valence-electron chi connectivity index (χ4n) is 4.44. The molecule has 2 aromatic heterocycles. The smallest absolute Gasteiger partial charge is 0.417 e. The minimum absolute atomic E-state index is 0.0284. The van der Waals surface area contributed by atoms with Crippen molar-refractivity contribution in [2.24, 2.45) is 0 Å². The van der Waals surface area contributed by atoms with Gasteiger partial charge in [-0.05, 0) is 41.5 Å². The number of aromatic amines is 1. The molecule has 0 radical (unpaired) electrons. The fourth-order valence-corrected chi connectivity index (χ4v) is 5.66. The van der Waals surface area contributed by atoms with E-state index in [-0.39, 0.29) is 22.4 Å². The van der Waals surface area contributed by atoms with Crippen molar-refractivity contribution in [2.75, 3.05) is 44.7 Å². The van der Waals surface area contributed by atoms with Gasteiger partial charge in [0.05, 0.1) is 23.8 Å². The van der Waals surface area contributed by atoms with Crippen LogP contribution in [0.4, 0.5) is 18.3 Å². The van der Waals surface area contributed by atoms with Crippen molar-refractivity contribution in [3.63, 3.8) is 0 Å². The number of carbonyl (C=O) groups excluding carboxylic acids is 1. The highest BCUT2D eigenvalue weighted by Crippen LogP contribution is 2.42. The number of thiazole rings is 1. The number of aromatic nitrogens is 3. The molecular weight excluding hydrogens is 553 g/mol. The Balaban J connectivity index is 1.55. The number of amides is 1. The molecule has 0 aliphatic carbocycles. The average molecular weight is 577 g/mol. The molecule has 0 unspecified atom stereocenters. The summed E-state index contributed by atoms with van der Waals surface area (Å²) in [6.45, 7) is 2.72. The van der Waals surface area contributed by atoms with Gasteiger partial charge in [0.2, 0.25) is 11.8 Å². The molecule has 1 aliphatic heterocycles. The number of benzene rings is 2. The quantitative estimate of drug-likeness (QED) is 0.284. The number of nitrogens with one attached hydrogen (secondary N) is 2. The van der Waals surface area contributed by atoms with Gasteiger partial charge in [0.25, 0.3) is 0 Å². The molecule has 4 aromatic rings. The third-order valence-corrected chi connectivity index (χ3v) is 7.88. The lowest BCUT2D eigenvalue weighted by atomic mass is 9.98. The molecule has 0 saturated carbocycles. The number of hydrogen-bond acceptors (Lipinski definition) is 7. The zero-order chi connectivity index (χ0) is 27.7. The number of halogens is 4. The summed E-state index contributed by atoms with van der Waals surface area (Å²) in [4.78, 5) is 20.4. The number of piperazine rings is 1. The summed E-state index contributed by atoms with van der Waals surface area (Å²) >= 11 is 7.10. The maximum Gasteiger partial charge on any atom is 0.417 e. The van der Waals surface area contributed by atoms with Crippen molar-refractivity contribution < 1.29 is 23.1 Å². The van der Waals surface area contributed by atoms with Crippen LogP contribution in [0.5, 0.6) is 5.88 Å². The molecule has 39 heavy (non-hydrogen) atoms. The largest absolute Gasteiger partial charge is 0.492 e. The fraction of sp³-hybridized carbons (Fsp3) is 0.269. The molecule has 0 spiro atoms. The Bertz CT molecular complexity index is 1540. The normalized spacial score (nSPS) is 15.2. The van der Waals surface area contributed by atoms with Gasteiger partial charge in [0, 0.05) is 49.2 Å². The molecule has 8 nitrogen and oxygen atoms in total. The van der Waals surface area contributed by atoms with Crippen molar-refractivity contribution in [1.29, 1.82) is 0 Å². The minimum Gasteiger partial charge on any atom is -0.492 e. The van der Waals surface area contributed by atoms with E-state index in [4.69, 9.17) is 11.6 Å². The van der Waals surface area contributed by atoms with E-state index < -0.39 is 11.7 Å². The number of hydrogen-bond donors (Lipinski definition) is 3. The molecule has 204 valence electrons. The number of nitrogens with zero attached hydrogens (tertiary/aromatic N) is 4. The van der Waals surface area contributed by atoms with Crippen LogP contribution < -0.4 is 10.2 Å². The first-order valence-corrected chi connectivity index (χ1v) is 13.2. The van der Waals surface area contributed by atoms with E-state index in [0.29, 0.717) is 53.9 Å². The molecule has 1 fully saturated rings. The van der Waals surface area contributed by atoms with E-state index in [9.17, 15) is 23.1 Å². The van der Waals surface area contributed by atoms with Crippen molar-refractivity contribution >= 4 is 56.5 Å². The van der Waals surface area contributed by atoms with Gasteiger partial charge in [-0.2, -0.15) is 23.3 Å². The lowest BCUT2D eigenvalue weighted by Crippen LogP contribution is -2.49. The van der Waals surface area contributed by atoms with Crippen molar-refractivity contribution in [3.8, 4) is 5.88 Å². The Morgan fingerprint density at radius 2 is 1.97 bits per heavy atom. The highest BCUT2D eigenvalue weighted by molar-refractivity contribution is 7.17.